The highest BCUT2D eigenvalue weighted by Gasteiger charge is 2.16. The van der Waals surface area contributed by atoms with Crippen molar-refractivity contribution in [2.75, 3.05) is 0 Å². The molecule has 0 radical (unpaired) electrons. The summed E-state index contributed by atoms with van der Waals surface area (Å²) >= 11 is 5.91. The highest BCUT2D eigenvalue weighted by molar-refractivity contribution is 6.30. The SMILES string of the molecule is CCCn1c(=O)c2ccccc2n(Cc2nc(-c3ccc(Cl)cc3)no2)c1=O. The monoisotopic (exact) mass is 396 g/mol. The van der Waals surface area contributed by atoms with Gasteiger partial charge in [0.25, 0.3) is 5.56 Å². The van der Waals surface area contributed by atoms with Crippen LogP contribution in [0.2, 0.25) is 5.02 Å². The molecule has 0 unspecified atom stereocenters. The van der Waals surface area contributed by atoms with Crippen LogP contribution in [-0.2, 0) is 13.1 Å². The fraction of sp³-hybridized carbons (Fsp3) is 0.200. The molecule has 2 aromatic heterocycles. The minimum Gasteiger partial charge on any atom is -0.337 e. The van der Waals surface area contributed by atoms with Gasteiger partial charge >= 0.3 is 5.69 Å². The molecule has 0 N–H and O–H groups in total. The predicted octanol–water partition coefficient (Wildman–Crippen LogP) is 3.32. The van der Waals surface area contributed by atoms with Crippen LogP contribution < -0.4 is 11.2 Å². The summed E-state index contributed by atoms with van der Waals surface area (Å²) in [4.78, 5) is 30.0. The van der Waals surface area contributed by atoms with Crippen molar-refractivity contribution >= 4 is 22.5 Å². The van der Waals surface area contributed by atoms with E-state index in [0.29, 0.717) is 34.7 Å². The lowest BCUT2D eigenvalue weighted by Crippen LogP contribution is -2.40. The van der Waals surface area contributed by atoms with Crippen LogP contribution in [0.25, 0.3) is 22.3 Å². The Balaban J connectivity index is 1.79. The molecular weight excluding hydrogens is 380 g/mol. The van der Waals surface area contributed by atoms with Gasteiger partial charge in [-0.3, -0.25) is 13.9 Å². The van der Waals surface area contributed by atoms with E-state index >= 15 is 0 Å². The summed E-state index contributed by atoms with van der Waals surface area (Å²) in [6.07, 6.45) is 0.675. The summed E-state index contributed by atoms with van der Waals surface area (Å²) in [5.41, 5.74) is 0.617. The van der Waals surface area contributed by atoms with Crippen LogP contribution in [0.15, 0.2) is 62.6 Å². The molecule has 0 saturated heterocycles. The summed E-state index contributed by atoms with van der Waals surface area (Å²) in [7, 11) is 0. The van der Waals surface area contributed by atoms with E-state index in [4.69, 9.17) is 16.1 Å². The van der Waals surface area contributed by atoms with Gasteiger partial charge in [0.2, 0.25) is 11.7 Å². The second-order valence-corrected chi connectivity index (χ2v) is 6.80. The van der Waals surface area contributed by atoms with E-state index in [2.05, 4.69) is 10.1 Å². The molecule has 4 aromatic rings. The Morgan fingerprint density at radius 1 is 1.04 bits per heavy atom. The number of hydrogen-bond acceptors (Lipinski definition) is 5. The molecule has 0 amide bonds. The van der Waals surface area contributed by atoms with Crippen molar-refractivity contribution in [3.05, 3.63) is 80.3 Å². The lowest BCUT2D eigenvalue weighted by molar-refractivity contribution is 0.369. The van der Waals surface area contributed by atoms with Gasteiger partial charge in [0.1, 0.15) is 6.54 Å². The molecule has 0 atom stereocenters. The average Bonchev–Trinajstić information content (AvgIpc) is 3.18. The molecule has 4 rings (SSSR count). The van der Waals surface area contributed by atoms with E-state index in [-0.39, 0.29) is 18.0 Å². The van der Waals surface area contributed by atoms with Gasteiger partial charge in [-0.2, -0.15) is 4.98 Å². The molecule has 142 valence electrons. The quantitative estimate of drug-likeness (QED) is 0.516. The zero-order chi connectivity index (χ0) is 19.7. The van der Waals surface area contributed by atoms with Crippen molar-refractivity contribution in [1.29, 1.82) is 0 Å². The first-order chi connectivity index (χ1) is 13.6. The summed E-state index contributed by atoms with van der Waals surface area (Å²) in [5, 5.41) is 5.08. The standard InChI is InChI=1S/C20H17ClN4O3/c1-2-11-24-19(26)15-5-3-4-6-16(15)25(20(24)27)12-17-22-18(23-28-17)13-7-9-14(21)10-8-13/h3-10H,2,11-12H2,1H3. The summed E-state index contributed by atoms with van der Waals surface area (Å²) in [6.45, 7) is 2.34. The molecular formula is C20H17ClN4O3. The van der Waals surface area contributed by atoms with Gasteiger partial charge in [-0.05, 0) is 42.8 Å². The van der Waals surface area contributed by atoms with Crippen LogP contribution in [0.4, 0.5) is 0 Å². The van der Waals surface area contributed by atoms with E-state index in [1.807, 2.05) is 6.92 Å². The summed E-state index contributed by atoms with van der Waals surface area (Å²) in [5.74, 6) is 0.685. The number of para-hydroxylation sites is 1. The van der Waals surface area contributed by atoms with Crippen LogP contribution in [0.1, 0.15) is 19.2 Å². The van der Waals surface area contributed by atoms with Crippen molar-refractivity contribution in [1.82, 2.24) is 19.3 Å². The van der Waals surface area contributed by atoms with Gasteiger partial charge in [0, 0.05) is 17.1 Å². The number of halogens is 1. The third-order valence-corrected chi connectivity index (χ3v) is 4.70. The normalized spacial score (nSPS) is 11.2. The third-order valence-electron chi connectivity index (χ3n) is 4.44. The zero-order valence-electron chi connectivity index (χ0n) is 15.1. The van der Waals surface area contributed by atoms with Crippen LogP contribution in [0.5, 0.6) is 0 Å². The maximum absolute atomic E-state index is 12.9. The Morgan fingerprint density at radius 3 is 2.54 bits per heavy atom. The Morgan fingerprint density at radius 2 is 1.79 bits per heavy atom. The largest absolute Gasteiger partial charge is 0.337 e. The maximum Gasteiger partial charge on any atom is 0.331 e. The number of benzene rings is 2. The second kappa shape index (κ2) is 7.44. The lowest BCUT2D eigenvalue weighted by atomic mass is 10.2. The van der Waals surface area contributed by atoms with Gasteiger partial charge in [-0.15, -0.1) is 0 Å². The first kappa shape index (κ1) is 18.2. The van der Waals surface area contributed by atoms with E-state index in [1.54, 1.807) is 48.5 Å². The van der Waals surface area contributed by atoms with Crippen molar-refractivity contribution in [2.24, 2.45) is 0 Å². The van der Waals surface area contributed by atoms with E-state index < -0.39 is 5.69 Å². The zero-order valence-corrected chi connectivity index (χ0v) is 15.9. The van der Waals surface area contributed by atoms with Crippen molar-refractivity contribution in [2.45, 2.75) is 26.4 Å². The molecule has 0 aliphatic rings. The van der Waals surface area contributed by atoms with Gasteiger partial charge in [0.05, 0.1) is 10.9 Å². The van der Waals surface area contributed by atoms with E-state index in [0.717, 1.165) is 5.56 Å². The van der Waals surface area contributed by atoms with Crippen molar-refractivity contribution < 1.29 is 4.52 Å². The molecule has 7 nitrogen and oxygen atoms in total. The van der Waals surface area contributed by atoms with Crippen LogP contribution in [0.3, 0.4) is 0 Å². The van der Waals surface area contributed by atoms with Crippen LogP contribution in [0, 0.1) is 0 Å². The van der Waals surface area contributed by atoms with Crippen molar-refractivity contribution in [3.8, 4) is 11.4 Å². The lowest BCUT2D eigenvalue weighted by Gasteiger charge is -2.12. The smallest absolute Gasteiger partial charge is 0.331 e. The second-order valence-electron chi connectivity index (χ2n) is 6.36. The highest BCUT2D eigenvalue weighted by atomic mass is 35.5. The van der Waals surface area contributed by atoms with Gasteiger partial charge < -0.3 is 4.52 Å². The fourth-order valence-electron chi connectivity index (χ4n) is 3.12. The number of hydrogen-bond donors (Lipinski definition) is 0. The fourth-order valence-corrected chi connectivity index (χ4v) is 3.24. The molecule has 0 aliphatic heterocycles. The Labute approximate surface area is 164 Å². The molecule has 2 heterocycles. The first-order valence-electron chi connectivity index (χ1n) is 8.89. The van der Waals surface area contributed by atoms with Crippen LogP contribution >= 0.6 is 11.6 Å². The summed E-state index contributed by atoms with van der Waals surface area (Å²) < 4.78 is 8.09. The summed E-state index contributed by atoms with van der Waals surface area (Å²) in [6, 6.07) is 14.1. The molecule has 0 bridgehead atoms. The average molecular weight is 397 g/mol. The molecule has 0 fully saturated rings. The van der Waals surface area contributed by atoms with Gasteiger partial charge in [0.15, 0.2) is 0 Å². The molecule has 2 aromatic carbocycles. The first-order valence-corrected chi connectivity index (χ1v) is 9.27. The predicted molar refractivity (Wildman–Crippen MR) is 107 cm³/mol. The van der Waals surface area contributed by atoms with Crippen molar-refractivity contribution in [3.63, 3.8) is 0 Å². The number of fused-ring (bicyclic) bond motifs is 1. The minimum absolute atomic E-state index is 0.0733. The maximum atomic E-state index is 12.9. The topological polar surface area (TPSA) is 82.9 Å². The Kier molecular flexibility index (Phi) is 4.83. The molecule has 0 aliphatic carbocycles. The Bertz CT molecular complexity index is 1260. The number of nitrogens with zero attached hydrogens (tertiary/aromatic N) is 4. The minimum atomic E-state index is -0.392. The van der Waals surface area contributed by atoms with E-state index in [9.17, 15) is 9.59 Å². The molecule has 8 heteroatoms. The number of aromatic nitrogens is 4. The highest BCUT2D eigenvalue weighted by Crippen LogP contribution is 2.19. The van der Waals surface area contributed by atoms with E-state index in [1.165, 1.54) is 9.13 Å². The molecule has 28 heavy (non-hydrogen) atoms. The number of rotatable bonds is 5. The van der Waals surface area contributed by atoms with Gasteiger partial charge in [-0.1, -0.05) is 35.8 Å². The third kappa shape index (κ3) is 3.25. The Hall–Kier alpha value is -3.19. The molecule has 0 spiro atoms. The van der Waals surface area contributed by atoms with Gasteiger partial charge in [-0.25, -0.2) is 4.79 Å². The van der Waals surface area contributed by atoms with Crippen LogP contribution in [-0.4, -0.2) is 19.3 Å². The molecule has 0 saturated carbocycles.